The fourth-order valence-corrected chi connectivity index (χ4v) is 2.55. The zero-order chi connectivity index (χ0) is 16.7. The number of rotatable bonds is 9. The van der Waals surface area contributed by atoms with Crippen molar-refractivity contribution < 1.29 is 24.2 Å². The molecule has 7 heteroatoms. The molecule has 0 spiro atoms. The fraction of sp³-hybridized carbons (Fsp3) is 0.800. The van der Waals surface area contributed by atoms with Crippen LogP contribution >= 0.6 is 0 Å². The quantitative estimate of drug-likeness (QED) is 0.604. The Morgan fingerprint density at radius 1 is 1.45 bits per heavy atom. The maximum absolute atomic E-state index is 12.2. The molecule has 2 N–H and O–H groups in total. The molecule has 0 saturated carbocycles. The van der Waals surface area contributed by atoms with Crippen LogP contribution in [0.5, 0.6) is 0 Å². The van der Waals surface area contributed by atoms with Gasteiger partial charge in [-0.2, -0.15) is 0 Å². The van der Waals surface area contributed by atoms with Gasteiger partial charge in [0, 0.05) is 33.2 Å². The van der Waals surface area contributed by atoms with E-state index in [1.54, 1.807) is 12.0 Å². The summed E-state index contributed by atoms with van der Waals surface area (Å²) in [5, 5.41) is 11.7. The number of carboxylic acids is 1. The number of likely N-dealkylation sites (tertiary alicyclic amines) is 1. The van der Waals surface area contributed by atoms with Crippen molar-refractivity contribution in [2.45, 2.75) is 39.2 Å². The molecule has 126 valence electrons. The predicted octanol–water partition coefficient (Wildman–Crippen LogP) is 0.487. The topological polar surface area (TPSA) is 95.9 Å². The van der Waals surface area contributed by atoms with Crippen LogP contribution < -0.4 is 5.32 Å². The maximum atomic E-state index is 12.2. The van der Waals surface area contributed by atoms with E-state index in [4.69, 9.17) is 9.84 Å². The normalized spacial score (nSPS) is 19.5. The molecule has 1 rings (SSSR count). The van der Waals surface area contributed by atoms with E-state index in [1.807, 2.05) is 13.8 Å². The van der Waals surface area contributed by atoms with Gasteiger partial charge in [-0.05, 0) is 18.8 Å². The number of hydrogen-bond donors (Lipinski definition) is 2. The number of nitrogens with one attached hydrogen (secondary N) is 1. The van der Waals surface area contributed by atoms with Gasteiger partial charge in [-0.1, -0.05) is 13.8 Å². The number of aliphatic carboxylic acids is 1. The van der Waals surface area contributed by atoms with Gasteiger partial charge in [-0.3, -0.25) is 9.59 Å². The minimum Gasteiger partial charge on any atom is -0.480 e. The SMILES string of the molecule is COCCCN1CC(C(=O)NC(CC(C)C)C(=O)O)CC1=O. The van der Waals surface area contributed by atoms with Crippen molar-refractivity contribution in [2.75, 3.05) is 26.8 Å². The Kier molecular flexibility index (Phi) is 7.31. The standard InChI is InChI=1S/C15H26N2O5/c1-10(2)7-12(15(20)21)16-14(19)11-8-13(18)17(9-11)5-4-6-22-3/h10-12H,4-9H2,1-3H3,(H,16,19)(H,20,21). The van der Waals surface area contributed by atoms with Crippen LogP contribution in [0.1, 0.15) is 33.1 Å². The molecule has 22 heavy (non-hydrogen) atoms. The Balaban J connectivity index is 2.51. The van der Waals surface area contributed by atoms with E-state index in [9.17, 15) is 14.4 Å². The number of carboxylic acid groups (broad SMARTS) is 1. The van der Waals surface area contributed by atoms with Gasteiger partial charge >= 0.3 is 5.97 Å². The average molecular weight is 314 g/mol. The maximum Gasteiger partial charge on any atom is 0.326 e. The molecular weight excluding hydrogens is 288 g/mol. The zero-order valence-electron chi connectivity index (χ0n) is 13.5. The molecule has 0 aromatic rings. The highest BCUT2D eigenvalue weighted by atomic mass is 16.5. The molecule has 1 aliphatic heterocycles. The molecule has 0 aromatic carbocycles. The molecule has 1 saturated heterocycles. The van der Waals surface area contributed by atoms with Crippen molar-refractivity contribution in [3.63, 3.8) is 0 Å². The third-order valence-electron chi connectivity index (χ3n) is 3.68. The van der Waals surface area contributed by atoms with Gasteiger partial charge in [0.2, 0.25) is 11.8 Å². The van der Waals surface area contributed by atoms with Crippen LogP contribution in [0.15, 0.2) is 0 Å². The summed E-state index contributed by atoms with van der Waals surface area (Å²) >= 11 is 0. The van der Waals surface area contributed by atoms with E-state index >= 15 is 0 Å². The monoisotopic (exact) mass is 314 g/mol. The molecule has 2 amide bonds. The molecule has 0 bridgehead atoms. The average Bonchev–Trinajstić information content (AvgIpc) is 2.79. The molecule has 1 aliphatic rings. The first-order valence-corrected chi connectivity index (χ1v) is 7.65. The molecular formula is C15H26N2O5. The van der Waals surface area contributed by atoms with Gasteiger partial charge in [0.1, 0.15) is 6.04 Å². The van der Waals surface area contributed by atoms with Crippen LogP contribution in [0.25, 0.3) is 0 Å². The molecule has 1 fully saturated rings. The van der Waals surface area contributed by atoms with E-state index in [-0.39, 0.29) is 24.2 Å². The Morgan fingerprint density at radius 3 is 2.68 bits per heavy atom. The van der Waals surface area contributed by atoms with Crippen LogP contribution in [0.3, 0.4) is 0 Å². The second kappa shape index (κ2) is 8.73. The number of carbonyl (C=O) groups excluding carboxylic acids is 2. The number of amides is 2. The molecule has 0 aliphatic carbocycles. The summed E-state index contributed by atoms with van der Waals surface area (Å²) in [5.74, 6) is -1.76. The van der Waals surface area contributed by atoms with E-state index in [0.717, 1.165) is 6.42 Å². The largest absolute Gasteiger partial charge is 0.480 e. The van der Waals surface area contributed by atoms with Crippen LogP contribution in [0, 0.1) is 11.8 Å². The summed E-state index contributed by atoms with van der Waals surface area (Å²) in [6, 6.07) is -0.898. The summed E-state index contributed by atoms with van der Waals surface area (Å²) in [7, 11) is 1.60. The van der Waals surface area contributed by atoms with Crippen molar-refractivity contribution in [3.05, 3.63) is 0 Å². The summed E-state index contributed by atoms with van der Waals surface area (Å²) in [5.41, 5.74) is 0. The predicted molar refractivity (Wildman–Crippen MR) is 80.2 cm³/mol. The summed E-state index contributed by atoms with van der Waals surface area (Å²) < 4.78 is 4.94. The Morgan fingerprint density at radius 2 is 2.14 bits per heavy atom. The number of ether oxygens (including phenoxy) is 1. The minimum atomic E-state index is -1.04. The molecule has 2 unspecified atom stereocenters. The zero-order valence-corrected chi connectivity index (χ0v) is 13.5. The van der Waals surface area contributed by atoms with Gasteiger partial charge in [-0.15, -0.1) is 0 Å². The Bertz CT molecular complexity index is 411. The lowest BCUT2D eigenvalue weighted by molar-refractivity contribution is -0.142. The van der Waals surface area contributed by atoms with Gasteiger partial charge in [0.05, 0.1) is 5.92 Å². The second-order valence-corrected chi connectivity index (χ2v) is 6.12. The minimum absolute atomic E-state index is 0.0630. The number of methoxy groups -OCH3 is 1. The molecule has 7 nitrogen and oxygen atoms in total. The Labute approximate surface area is 131 Å². The first kappa shape index (κ1) is 18.4. The van der Waals surface area contributed by atoms with E-state index in [1.165, 1.54) is 0 Å². The van der Waals surface area contributed by atoms with Gasteiger partial charge in [0.15, 0.2) is 0 Å². The number of carbonyl (C=O) groups is 3. The first-order chi connectivity index (χ1) is 10.3. The summed E-state index contributed by atoms with van der Waals surface area (Å²) in [4.78, 5) is 36.9. The highest BCUT2D eigenvalue weighted by molar-refractivity contribution is 5.91. The lowest BCUT2D eigenvalue weighted by atomic mass is 10.0. The number of hydrogen-bond acceptors (Lipinski definition) is 4. The van der Waals surface area contributed by atoms with E-state index in [0.29, 0.717) is 26.1 Å². The van der Waals surface area contributed by atoms with E-state index in [2.05, 4.69) is 5.32 Å². The summed E-state index contributed by atoms with van der Waals surface area (Å²) in [6.07, 6.45) is 1.24. The highest BCUT2D eigenvalue weighted by Crippen LogP contribution is 2.19. The van der Waals surface area contributed by atoms with Crippen molar-refractivity contribution in [3.8, 4) is 0 Å². The lowest BCUT2D eigenvalue weighted by Crippen LogP contribution is -2.44. The first-order valence-electron chi connectivity index (χ1n) is 7.65. The van der Waals surface area contributed by atoms with Crippen LogP contribution in [-0.4, -0.2) is 60.6 Å². The highest BCUT2D eigenvalue weighted by Gasteiger charge is 2.35. The smallest absolute Gasteiger partial charge is 0.326 e. The molecule has 2 atom stereocenters. The van der Waals surface area contributed by atoms with Crippen LogP contribution in [0.4, 0.5) is 0 Å². The van der Waals surface area contributed by atoms with Gasteiger partial charge in [0.25, 0.3) is 0 Å². The van der Waals surface area contributed by atoms with Crippen LogP contribution in [-0.2, 0) is 19.1 Å². The van der Waals surface area contributed by atoms with Crippen molar-refractivity contribution in [2.24, 2.45) is 11.8 Å². The van der Waals surface area contributed by atoms with Gasteiger partial charge in [-0.25, -0.2) is 4.79 Å². The summed E-state index contributed by atoms with van der Waals surface area (Å²) in [6.45, 7) is 5.28. The van der Waals surface area contributed by atoms with Crippen LogP contribution in [0.2, 0.25) is 0 Å². The van der Waals surface area contributed by atoms with Crippen molar-refractivity contribution in [1.29, 1.82) is 0 Å². The van der Waals surface area contributed by atoms with Crippen molar-refractivity contribution >= 4 is 17.8 Å². The van der Waals surface area contributed by atoms with Gasteiger partial charge < -0.3 is 20.1 Å². The number of nitrogens with zero attached hydrogens (tertiary/aromatic N) is 1. The molecule has 0 aromatic heterocycles. The van der Waals surface area contributed by atoms with E-state index < -0.39 is 17.9 Å². The molecule has 1 heterocycles. The third-order valence-corrected chi connectivity index (χ3v) is 3.68. The molecule has 0 radical (unpaired) electrons. The fourth-order valence-electron chi connectivity index (χ4n) is 2.55. The third kappa shape index (κ3) is 5.63. The lowest BCUT2D eigenvalue weighted by Gasteiger charge is -2.19. The second-order valence-electron chi connectivity index (χ2n) is 6.12. The Hall–Kier alpha value is -1.63. The van der Waals surface area contributed by atoms with Crippen molar-refractivity contribution in [1.82, 2.24) is 10.2 Å².